The number of nitrogens with one attached hydrogen (secondary N) is 3. The smallest absolute Gasteiger partial charge is 0.253 e. The van der Waals surface area contributed by atoms with Crippen molar-refractivity contribution in [3.8, 4) is 0 Å². The second kappa shape index (κ2) is 22.5. The van der Waals surface area contributed by atoms with Crippen molar-refractivity contribution in [2.75, 3.05) is 46.3 Å². The van der Waals surface area contributed by atoms with Crippen molar-refractivity contribution in [1.82, 2.24) is 30.7 Å². The van der Waals surface area contributed by atoms with Crippen LogP contribution in [0.25, 0.3) is 0 Å². The van der Waals surface area contributed by atoms with E-state index in [1.165, 1.54) is 75.3 Å². The molecule has 11 heteroatoms. The zero-order valence-corrected chi connectivity index (χ0v) is 37.6. The highest BCUT2D eigenvalue weighted by Gasteiger charge is 2.49. The molecule has 11 nitrogen and oxygen atoms in total. The van der Waals surface area contributed by atoms with Gasteiger partial charge in [0.15, 0.2) is 0 Å². The molecule has 3 aromatic rings. The molecule has 4 aliphatic rings. The maximum absolute atomic E-state index is 14.0. The number of hydrogen-bond donors (Lipinski definition) is 3. The molecule has 3 aromatic carbocycles. The second-order valence-corrected chi connectivity index (χ2v) is 18.7. The van der Waals surface area contributed by atoms with E-state index in [4.69, 9.17) is 0 Å². The second-order valence-electron chi connectivity index (χ2n) is 18.7. The lowest BCUT2D eigenvalue weighted by Crippen LogP contribution is -2.58. The third-order valence-corrected chi connectivity index (χ3v) is 13.9. The van der Waals surface area contributed by atoms with Gasteiger partial charge in [-0.1, -0.05) is 138 Å². The van der Waals surface area contributed by atoms with Crippen molar-refractivity contribution >= 4 is 29.5 Å². The predicted octanol–water partition coefficient (Wildman–Crippen LogP) is 7.29. The molecule has 2 heterocycles. The number of amides is 5. The Hall–Kier alpha value is -5.03. The summed E-state index contributed by atoms with van der Waals surface area (Å²) < 4.78 is 0. The fraction of sp³-hybridized carbons (Fsp3) is 0.558. The summed E-state index contributed by atoms with van der Waals surface area (Å²) in [5, 5.41) is 9.51. The third-order valence-electron chi connectivity index (χ3n) is 13.9. The molecule has 3 N–H and O–H groups in total. The Balaban J connectivity index is 0.887. The van der Waals surface area contributed by atoms with Gasteiger partial charge in [0.25, 0.3) is 11.8 Å². The number of unbranched alkanes of at least 4 members (excludes halogenated alkanes) is 11. The van der Waals surface area contributed by atoms with Gasteiger partial charge in [-0.15, -0.1) is 0 Å². The number of nitrogens with zero attached hydrogens (tertiary/aromatic N) is 3. The molecule has 2 aliphatic heterocycles. The van der Waals surface area contributed by atoms with Gasteiger partial charge in [0.1, 0.15) is 6.04 Å². The van der Waals surface area contributed by atoms with Crippen molar-refractivity contribution < 1.29 is 24.0 Å². The number of benzene rings is 3. The Morgan fingerprint density at radius 1 is 0.524 bits per heavy atom. The number of likely N-dealkylation sites (tertiary alicyclic amines) is 1. The molecule has 0 bridgehead atoms. The summed E-state index contributed by atoms with van der Waals surface area (Å²) in [7, 11) is 1.93. The van der Waals surface area contributed by atoms with Gasteiger partial charge in [0.05, 0.1) is 11.8 Å². The molecule has 338 valence electrons. The number of rotatable bonds is 22. The molecule has 0 radical (unpaired) electrons. The summed E-state index contributed by atoms with van der Waals surface area (Å²) in [6, 6.07) is 26.4. The van der Waals surface area contributed by atoms with Crippen molar-refractivity contribution in [2.45, 2.75) is 127 Å². The van der Waals surface area contributed by atoms with E-state index in [0.717, 1.165) is 25.7 Å². The molecule has 7 rings (SSSR count). The number of hydrogen-bond acceptors (Lipinski definition) is 6. The molecule has 5 amide bonds. The summed E-state index contributed by atoms with van der Waals surface area (Å²) in [5.74, 6) is -1.81. The lowest BCUT2D eigenvalue weighted by molar-refractivity contribution is -0.133. The van der Waals surface area contributed by atoms with Crippen LogP contribution in [0.2, 0.25) is 0 Å². The Kier molecular flexibility index (Phi) is 16.5. The minimum atomic E-state index is -0.687. The van der Waals surface area contributed by atoms with E-state index < -0.39 is 17.9 Å². The Bertz CT molecular complexity index is 1900. The molecule has 2 aliphatic carbocycles. The van der Waals surface area contributed by atoms with Gasteiger partial charge in [-0.25, -0.2) is 0 Å². The first-order chi connectivity index (χ1) is 30.7. The quantitative estimate of drug-likeness (QED) is 0.0911. The zero-order chi connectivity index (χ0) is 44.1. The molecule has 1 unspecified atom stereocenters. The number of likely N-dealkylation sites (N-methyl/N-ethyl adjacent to an activating group) is 1. The van der Waals surface area contributed by atoms with E-state index in [1.54, 1.807) is 34.1 Å². The van der Waals surface area contributed by atoms with Crippen LogP contribution in [-0.2, 0) is 14.4 Å². The first-order valence-electron chi connectivity index (χ1n) is 24.1. The van der Waals surface area contributed by atoms with Crippen molar-refractivity contribution in [3.05, 3.63) is 107 Å². The summed E-state index contributed by atoms with van der Waals surface area (Å²) in [4.78, 5) is 74.1. The van der Waals surface area contributed by atoms with Crippen LogP contribution in [-0.4, -0.2) is 109 Å². The zero-order valence-electron chi connectivity index (χ0n) is 37.6. The molecular formula is C52H70N6O5. The predicted molar refractivity (Wildman–Crippen MR) is 247 cm³/mol. The third kappa shape index (κ3) is 12.6. The summed E-state index contributed by atoms with van der Waals surface area (Å²) >= 11 is 0. The first kappa shape index (κ1) is 46.0. The van der Waals surface area contributed by atoms with Gasteiger partial charge >= 0.3 is 0 Å². The van der Waals surface area contributed by atoms with Gasteiger partial charge in [-0.2, -0.15) is 0 Å². The highest BCUT2D eigenvalue weighted by atomic mass is 16.2. The van der Waals surface area contributed by atoms with Crippen molar-refractivity contribution in [2.24, 2.45) is 11.8 Å². The minimum absolute atomic E-state index is 0.00151. The number of piperazine rings is 1. The number of carbonyl (C=O) groups is 5. The Labute approximate surface area is 375 Å². The van der Waals surface area contributed by atoms with Crippen LogP contribution < -0.4 is 16.0 Å². The highest BCUT2D eigenvalue weighted by molar-refractivity contribution is 5.99. The van der Waals surface area contributed by atoms with Gasteiger partial charge in [0.2, 0.25) is 17.7 Å². The first-order valence-corrected chi connectivity index (χ1v) is 24.1. The van der Waals surface area contributed by atoms with E-state index >= 15 is 0 Å². The molecule has 0 spiro atoms. The SMILES string of the molecule is CCCCCCCCCCCCCCNC(=O)C1CN(C(=O)c2ccc(C(=O)N3C[C@@H](C(=O)N[C@H]4C[C@@H]4c4ccccc4)[C@H](C(=O)N[C@H]4C[C@@H]4c4ccccc4)C3)cc2)CCN1C. The fourth-order valence-corrected chi connectivity index (χ4v) is 9.68. The van der Waals surface area contributed by atoms with Crippen LogP contribution in [0.3, 0.4) is 0 Å². The molecule has 2 saturated carbocycles. The lowest BCUT2D eigenvalue weighted by atomic mass is 9.94. The Morgan fingerprint density at radius 2 is 0.968 bits per heavy atom. The van der Waals surface area contributed by atoms with Crippen LogP contribution >= 0.6 is 0 Å². The van der Waals surface area contributed by atoms with Crippen LogP contribution in [0.15, 0.2) is 84.9 Å². The van der Waals surface area contributed by atoms with Gasteiger partial charge in [-0.05, 0) is 61.7 Å². The average molecular weight is 859 g/mol. The minimum Gasteiger partial charge on any atom is -0.355 e. The van der Waals surface area contributed by atoms with E-state index in [1.807, 2.05) is 48.3 Å². The maximum Gasteiger partial charge on any atom is 0.253 e. The van der Waals surface area contributed by atoms with Gasteiger partial charge in [-0.3, -0.25) is 28.9 Å². The standard InChI is InChI=1S/C52H70N6O5/c1-3-4-5-6-7-8-9-10-11-12-13-20-29-53-50(61)47-36-57(31-30-56(47)2)51(62)39-25-27-40(28-26-39)52(63)58-34-43(48(59)54-45-32-41(45)37-21-16-14-17-22-37)44(35-58)49(60)55-46-33-42(46)38-23-18-15-19-24-38/h14-19,21-28,41-47H,3-13,20,29-36H2,1-2H3,(H,53,61)(H,54,59)(H,55,60)/t41-,42-,43-,44-,45+,46+,47?/m1/s1. The van der Waals surface area contributed by atoms with E-state index in [0.29, 0.717) is 37.3 Å². The average Bonchev–Trinajstić information content (AvgIpc) is 4.22. The highest BCUT2D eigenvalue weighted by Crippen LogP contribution is 2.42. The van der Waals surface area contributed by atoms with E-state index in [9.17, 15) is 24.0 Å². The molecule has 2 saturated heterocycles. The van der Waals surface area contributed by atoms with E-state index in [-0.39, 0.29) is 66.5 Å². The largest absolute Gasteiger partial charge is 0.355 e. The van der Waals surface area contributed by atoms with E-state index in [2.05, 4.69) is 47.1 Å². The monoisotopic (exact) mass is 859 g/mol. The van der Waals surface area contributed by atoms with Gasteiger partial charge < -0.3 is 25.8 Å². The summed E-state index contributed by atoms with van der Waals surface area (Å²) in [6.07, 6.45) is 16.9. The van der Waals surface area contributed by atoms with Crippen molar-refractivity contribution in [3.63, 3.8) is 0 Å². The lowest BCUT2D eigenvalue weighted by Gasteiger charge is -2.38. The number of carbonyl (C=O) groups excluding carboxylic acids is 5. The molecule has 63 heavy (non-hydrogen) atoms. The molecular weight excluding hydrogens is 789 g/mol. The summed E-state index contributed by atoms with van der Waals surface area (Å²) in [6.45, 7) is 4.53. The van der Waals surface area contributed by atoms with Crippen molar-refractivity contribution in [1.29, 1.82) is 0 Å². The molecule has 7 atom stereocenters. The topological polar surface area (TPSA) is 131 Å². The van der Waals surface area contributed by atoms with Crippen LogP contribution in [0, 0.1) is 11.8 Å². The van der Waals surface area contributed by atoms with Crippen LogP contribution in [0.5, 0.6) is 0 Å². The molecule has 4 fully saturated rings. The van der Waals surface area contributed by atoms with Gasteiger partial charge in [0, 0.05) is 74.3 Å². The summed E-state index contributed by atoms with van der Waals surface area (Å²) in [5.41, 5.74) is 3.19. The van der Waals surface area contributed by atoms with Crippen LogP contribution in [0.4, 0.5) is 0 Å². The normalized spacial score (nSPS) is 24.1. The van der Waals surface area contributed by atoms with Crippen LogP contribution in [0.1, 0.15) is 140 Å². The maximum atomic E-state index is 14.0. The fourth-order valence-electron chi connectivity index (χ4n) is 9.68. The molecule has 0 aromatic heterocycles. The Morgan fingerprint density at radius 3 is 1.44 bits per heavy atom.